The molecule has 4 rings (SSSR count). The van der Waals surface area contributed by atoms with Gasteiger partial charge in [-0.05, 0) is 68.2 Å². The van der Waals surface area contributed by atoms with Gasteiger partial charge in [-0.25, -0.2) is 8.42 Å². The number of benzene rings is 1. The fourth-order valence-electron chi connectivity index (χ4n) is 4.14. The van der Waals surface area contributed by atoms with Crippen LogP contribution in [0.15, 0.2) is 29.2 Å². The second kappa shape index (κ2) is 5.72. The summed E-state index contributed by atoms with van der Waals surface area (Å²) in [4.78, 5) is 11.3. The Morgan fingerprint density at radius 1 is 1.00 bits per heavy atom. The molecule has 3 fully saturated rings. The topological polar surface area (TPSA) is 71.4 Å². The molecule has 0 spiro atoms. The van der Waals surface area contributed by atoms with Crippen LogP contribution < -0.4 is 0 Å². The third-order valence-corrected chi connectivity index (χ3v) is 7.88. The molecule has 1 aromatic carbocycles. The van der Waals surface area contributed by atoms with Crippen molar-refractivity contribution in [2.24, 2.45) is 10.8 Å². The van der Waals surface area contributed by atoms with Gasteiger partial charge in [0.15, 0.2) is 9.84 Å². The lowest BCUT2D eigenvalue weighted by molar-refractivity contribution is -0.158. The summed E-state index contributed by atoms with van der Waals surface area (Å²) < 4.78 is 63.2. The first-order valence-corrected chi connectivity index (χ1v) is 9.77. The summed E-state index contributed by atoms with van der Waals surface area (Å²) in [6, 6.07) is 3.56. The zero-order valence-electron chi connectivity index (χ0n) is 13.5. The van der Waals surface area contributed by atoms with Crippen molar-refractivity contribution < 1.29 is 31.5 Å². The zero-order valence-corrected chi connectivity index (χ0v) is 14.3. The van der Waals surface area contributed by atoms with Crippen LogP contribution in [-0.2, 0) is 20.8 Å². The van der Waals surface area contributed by atoms with Gasteiger partial charge in [0, 0.05) is 0 Å². The Hall–Kier alpha value is -1.57. The third kappa shape index (κ3) is 3.28. The van der Waals surface area contributed by atoms with Gasteiger partial charge in [-0.1, -0.05) is 0 Å². The van der Waals surface area contributed by atoms with Gasteiger partial charge in [-0.15, -0.1) is 0 Å². The van der Waals surface area contributed by atoms with Crippen molar-refractivity contribution in [1.82, 2.24) is 0 Å². The van der Waals surface area contributed by atoms with E-state index in [1.54, 1.807) is 0 Å². The molecule has 0 heterocycles. The molecular weight excluding hydrogens is 357 g/mol. The van der Waals surface area contributed by atoms with Gasteiger partial charge in [-0.2, -0.15) is 13.2 Å². The maximum Gasteiger partial charge on any atom is 0.416 e. The van der Waals surface area contributed by atoms with E-state index >= 15 is 0 Å². The van der Waals surface area contributed by atoms with Crippen molar-refractivity contribution in [3.05, 3.63) is 29.8 Å². The predicted molar refractivity (Wildman–Crippen MR) is 83.7 cm³/mol. The highest BCUT2D eigenvalue weighted by Gasteiger charge is 2.53. The molecule has 0 aliphatic heterocycles. The standard InChI is InChI=1S/C17H19F3O4S/c18-17(19,20)12-1-3-13(4-2-12)25(23,24)11-15-5-8-16(9-6-15,10-7-15)14(21)22/h1-4H,5-11H2,(H,21,22). The molecule has 4 nitrogen and oxygen atoms in total. The normalized spacial score (nSPS) is 29.6. The smallest absolute Gasteiger partial charge is 0.416 e. The molecule has 0 atom stereocenters. The minimum Gasteiger partial charge on any atom is -0.481 e. The molecule has 0 radical (unpaired) electrons. The van der Waals surface area contributed by atoms with Crippen molar-refractivity contribution in [2.45, 2.75) is 49.6 Å². The van der Waals surface area contributed by atoms with E-state index in [1.807, 2.05) is 0 Å². The Morgan fingerprint density at radius 2 is 1.48 bits per heavy atom. The molecule has 8 heteroatoms. The first-order valence-electron chi connectivity index (χ1n) is 8.12. The summed E-state index contributed by atoms with van der Waals surface area (Å²) in [7, 11) is -3.72. The quantitative estimate of drug-likeness (QED) is 0.865. The van der Waals surface area contributed by atoms with E-state index in [4.69, 9.17) is 0 Å². The van der Waals surface area contributed by atoms with Crippen LogP contribution in [0, 0.1) is 10.8 Å². The molecule has 3 aliphatic rings. The minimum absolute atomic E-state index is 0.115. The van der Waals surface area contributed by atoms with E-state index in [1.165, 1.54) is 0 Å². The van der Waals surface area contributed by atoms with E-state index in [9.17, 15) is 31.5 Å². The van der Waals surface area contributed by atoms with Gasteiger partial charge in [0.25, 0.3) is 0 Å². The molecular formula is C17H19F3O4S. The fraction of sp³-hybridized carbons (Fsp3) is 0.588. The second-order valence-electron chi connectivity index (χ2n) is 7.37. The van der Waals surface area contributed by atoms with Crippen LogP contribution in [0.2, 0.25) is 0 Å². The maximum atomic E-state index is 12.7. The minimum atomic E-state index is -4.51. The Balaban J connectivity index is 1.78. The number of carbonyl (C=O) groups is 1. The Labute approximate surface area is 144 Å². The van der Waals surface area contributed by atoms with Crippen LogP contribution in [0.1, 0.15) is 44.1 Å². The van der Waals surface area contributed by atoms with E-state index in [2.05, 4.69) is 0 Å². The summed E-state index contributed by atoms with van der Waals surface area (Å²) in [5.41, 5.74) is -2.07. The summed E-state index contributed by atoms with van der Waals surface area (Å²) in [5.74, 6) is -0.951. The number of sulfone groups is 1. The van der Waals surface area contributed by atoms with E-state index < -0.39 is 38.4 Å². The summed E-state index contributed by atoms with van der Waals surface area (Å²) in [6.07, 6.45) is -1.54. The predicted octanol–water partition coefficient (Wildman–Crippen LogP) is 3.90. The SMILES string of the molecule is O=C(O)C12CCC(CS(=O)(=O)c3ccc(C(F)(F)F)cc3)(CC1)CC2. The van der Waals surface area contributed by atoms with Crippen molar-refractivity contribution in [1.29, 1.82) is 0 Å². The average molecular weight is 376 g/mol. The molecule has 0 unspecified atom stereocenters. The molecule has 0 amide bonds. The van der Waals surface area contributed by atoms with Crippen molar-refractivity contribution in [3.8, 4) is 0 Å². The average Bonchev–Trinajstić information content (AvgIpc) is 2.55. The lowest BCUT2D eigenvalue weighted by Gasteiger charge is -2.51. The molecule has 138 valence electrons. The second-order valence-corrected chi connectivity index (χ2v) is 9.36. The van der Waals surface area contributed by atoms with Gasteiger partial charge < -0.3 is 5.11 Å². The monoisotopic (exact) mass is 376 g/mol. The van der Waals surface area contributed by atoms with Crippen LogP contribution in [0.4, 0.5) is 13.2 Å². The number of halogens is 3. The van der Waals surface area contributed by atoms with Gasteiger partial charge in [0.2, 0.25) is 0 Å². The van der Waals surface area contributed by atoms with Crippen LogP contribution in [0.25, 0.3) is 0 Å². The number of fused-ring (bicyclic) bond motifs is 3. The van der Waals surface area contributed by atoms with Gasteiger partial charge in [-0.3, -0.25) is 4.79 Å². The molecule has 1 aromatic rings. The third-order valence-electron chi connectivity index (χ3n) is 5.89. The number of hydrogen-bond donors (Lipinski definition) is 1. The number of rotatable bonds is 4. The molecule has 0 saturated heterocycles. The highest BCUT2D eigenvalue weighted by atomic mass is 32.2. The first kappa shape index (κ1) is 18.2. The molecule has 1 N–H and O–H groups in total. The number of hydrogen-bond acceptors (Lipinski definition) is 3. The Bertz CT molecular complexity index is 757. The van der Waals surface area contributed by atoms with Crippen LogP contribution in [-0.4, -0.2) is 25.2 Å². The molecule has 25 heavy (non-hydrogen) atoms. The van der Waals surface area contributed by atoms with Gasteiger partial charge >= 0.3 is 12.1 Å². The van der Waals surface area contributed by atoms with E-state index in [0.29, 0.717) is 38.5 Å². The summed E-state index contributed by atoms with van der Waals surface area (Å²) >= 11 is 0. The van der Waals surface area contributed by atoms with Crippen molar-refractivity contribution in [3.63, 3.8) is 0 Å². The number of aliphatic carboxylic acids is 1. The maximum absolute atomic E-state index is 12.7. The Morgan fingerprint density at radius 3 is 1.88 bits per heavy atom. The zero-order chi connectivity index (χ0) is 18.5. The molecule has 3 aliphatic carbocycles. The number of carboxylic acid groups (broad SMARTS) is 1. The van der Waals surface area contributed by atoms with Gasteiger partial charge in [0.1, 0.15) is 0 Å². The van der Waals surface area contributed by atoms with E-state index in [-0.39, 0.29) is 10.6 Å². The van der Waals surface area contributed by atoms with Crippen molar-refractivity contribution in [2.75, 3.05) is 5.75 Å². The summed E-state index contributed by atoms with van der Waals surface area (Å²) in [5, 5.41) is 9.39. The van der Waals surface area contributed by atoms with E-state index in [0.717, 1.165) is 24.3 Å². The lowest BCUT2D eigenvalue weighted by Crippen LogP contribution is -2.48. The molecule has 0 aromatic heterocycles. The Kier molecular flexibility index (Phi) is 4.17. The molecule has 2 bridgehead atoms. The van der Waals surface area contributed by atoms with Crippen molar-refractivity contribution >= 4 is 15.8 Å². The van der Waals surface area contributed by atoms with Gasteiger partial charge in [0.05, 0.1) is 21.6 Å². The summed E-state index contributed by atoms with van der Waals surface area (Å²) in [6.45, 7) is 0. The highest BCUT2D eigenvalue weighted by Crippen LogP contribution is 2.57. The first-order chi connectivity index (χ1) is 11.5. The van der Waals surface area contributed by atoms with Crippen LogP contribution in [0.3, 0.4) is 0 Å². The van der Waals surface area contributed by atoms with Crippen LogP contribution in [0.5, 0.6) is 0 Å². The van der Waals surface area contributed by atoms with Crippen LogP contribution >= 0.6 is 0 Å². The fourth-order valence-corrected chi connectivity index (χ4v) is 6.09. The number of alkyl halides is 3. The lowest BCUT2D eigenvalue weighted by atomic mass is 9.54. The molecule has 3 saturated carbocycles. The number of carboxylic acids is 1. The highest BCUT2D eigenvalue weighted by molar-refractivity contribution is 7.91. The largest absolute Gasteiger partial charge is 0.481 e.